The SMILES string of the molecule is CCCCC[C@@H](C)NC(=O)c1ccc(N2C(=O)N3CCc4c([nH]c5ccc(OC)cc45)[C@@]3(C)C2=O)cc1. The van der Waals surface area contributed by atoms with Crippen LogP contribution in [0.4, 0.5) is 10.5 Å². The third kappa shape index (κ3) is 4.04. The standard InChI is InChI=1S/C29H34N4O4/c1-5-6-7-8-18(2)30-26(34)19-9-11-20(12-10-19)33-27(35)29(3)25-22(15-16-32(29)28(33)36)23-17-21(37-4)13-14-24(23)31-25/h9-14,17-18,31H,5-8,15-16H2,1-4H3,(H,30,34)/t18-,29+/m1/s1. The molecule has 1 saturated heterocycles. The first kappa shape index (κ1) is 24.9. The summed E-state index contributed by atoms with van der Waals surface area (Å²) in [5.74, 6) is 0.285. The van der Waals surface area contributed by atoms with E-state index in [9.17, 15) is 14.4 Å². The molecule has 2 N–H and O–H groups in total. The molecule has 194 valence electrons. The summed E-state index contributed by atoms with van der Waals surface area (Å²) in [6, 6.07) is 12.2. The van der Waals surface area contributed by atoms with Crippen LogP contribution in [-0.2, 0) is 16.8 Å². The monoisotopic (exact) mass is 502 g/mol. The first-order valence-corrected chi connectivity index (χ1v) is 13.1. The number of aromatic nitrogens is 1. The molecule has 1 aromatic heterocycles. The zero-order valence-corrected chi connectivity index (χ0v) is 21.9. The molecule has 3 aromatic rings. The van der Waals surface area contributed by atoms with Crippen LogP contribution in [0, 0.1) is 0 Å². The second kappa shape index (κ2) is 9.57. The molecular formula is C29H34N4O4. The molecule has 2 aliphatic heterocycles. The lowest BCUT2D eigenvalue weighted by molar-refractivity contribution is -0.125. The van der Waals surface area contributed by atoms with Crippen LogP contribution in [-0.4, -0.2) is 47.4 Å². The number of nitrogens with zero attached hydrogens (tertiary/aromatic N) is 2. The van der Waals surface area contributed by atoms with E-state index in [1.54, 1.807) is 43.2 Å². The fourth-order valence-corrected chi connectivity index (χ4v) is 5.62. The smallest absolute Gasteiger partial charge is 0.332 e. The van der Waals surface area contributed by atoms with Crippen molar-refractivity contribution in [1.29, 1.82) is 0 Å². The van der Waals surface area contributed by atoms with Gasteiger partial charge in [-0.25, -0.2) is 9.69 Å². The van der Waals surface area contributed by atoms with Gasteiger partial charge in [-0.3, -0.25) is 9.59 Å². The van der Waals surface area contributed by atoms with E-state index in [-0.39, 0.29) is 23.9 Å². The molecule has 37 heavy (non-hydrogen) atoms. The summed E-state index contributed by atoms with van der Waals surface area (Å²) in [5, 5.41) is 4.04. The van der Waals surface area contributed by atoms with E-state index >= 15 is 0 Å². The number of fused-ring (bicyclic) bond motifs is 5. The van der Waals surface area contributed by atoms with Crippen LogP contribution in [0.5, 0.6) is 5.75 Å². The number of unbranched alkanes of at least 4 members (excludes halogenated alkanes) is 2. The van der Waals surface area contributed by atoms with Gasteiger partial charge in [-0.1, -0.05) is 26.2 Å². The van der Waals surface area contributed by atoms with Gasteiger partial charge in [0.1, 0.15) is 5.75 Å². The van der Waals surface area contributed by atoms with Gasteiger partial charge in [-0.05, 0) is 74.7 Å². The predicted molar refractivity (Wildman–Crippen MR) is 143 cm³/mol. The number of methoxy groups -OCH3 is 1. The summed E-state index contributed by atoms with van der Waals surface area (Å²) >= 11 is 0. The quantitative estimate of drug-likeness (QED) is 0.330. The average Bonchev–Trinajstić information content (AvgIpc) is 3.37. The summed E-state index contributed by atoms with van der Waals surface area (Å²) < 4.78 is 5.39. The Labute approximate surface area is 217 Å². The minimum Gasteiger partial charge on any atom is -0.497 e. The van der Waals surface area contributed by atoms with Crippen molar-refractivity contribution in [2.24, 2.45) is 0 Å². The number of anilines is 1. The normalized spacial score (nSPS) is 19.7. The van der Waals surface area contributed by atoms with Crippen molar-refractivity contribution in [1.82, 2.24) is 15.2 Å². The van der Waals surface area contributed by atoms with Crippen molar-refractivity contribution in [3.8, 4) is 5.75 Å². The van der Waals surface area contributed by atoms with E-state index in [0.717, 1.165) is 53.6 Å². The number of amides is 4. The van der Waals surface area contributed by atoms with Crippen LogP contribution in [0.15, 0.2) is 42.5 Å². The van der Waals surface area contributed by atoms with Crippen molar-refractivity contribution in [3.05, 3.63) is 59.3 Å². The molecular weight excluding hydrogens is 468 g/mol. The maximum absolute atomic E-state index is 13.9. The fraction of sp³-hybridized carbons (Fsp3) is 0.414. The molecule has 0 aliphatic carbocycles. The van der Waals surface area contributed by atoms with Crippen LogP contribution in [0.1, 0.15) is 68.1 Å². The van der Waals surface area contributed by atoms with Gasteiger partial charge in [-0.15, -0.1) is 0 Å². The molecule has 4 amide bonds. The molecule has 2 aromatic carbocycles. The number of nitrogens with one attached hydrogen (secondary N) is 2. The molecule has 5 rings (SSSR count). The lowest BCUT2D eigenvalue weighted by Gasteiger charge is -2.35. The average molecular weight is 503 g/mol. The second-order valence-electron chi connectivity index (χ2n) is 10.2. The van der Waals surface area contributed by atoms with E-state index in [2.05, 4.69) is 17.2 Å². The molecule has 0 saturated carbocycles. The molecule has 2 atom stereocenters. The minimum absolute atomic E-state index is 0.0850. The lowest BCUT2D eigenvalue weighted by Crippen LogP contribution is -2.49. The number of hydrogen-bond donors (Lipinski definition) is 2. The summed E-state index contributed by atoms with van der Waals surface area (Å²) in [4.78, 5) is 46.3. The van der Waals surface area contributed by atoms with Gasteiger partial charge >= 0.3 is 6.03 Å². The first-order chi connectivity index (χ1) is 17.8. The van der Waals surface area contributed by atoms with E-state index in [1.807, 2.05) is 25.1 Å². The maximum atomic E-state index is 13.9. The van der Waals surface area contributed by atoms with Crippen LogP contribution in [0.3, 0.4) is 0 Å². The Kier molecular flexibility index (Phi) is 6.43. The molecule has 2 aliphatic rings. The van der Waals surface area contributed by atoms with Crippen LogP contribution in [0.25, 0.3) is 10.9 Å². The highest BCUT2D eigenvalue weighted by Gasteiger charge is 2.59. The Morgan fingerprint density at radius 3 is 2.62 bits per heavy atom. The Morgan fingerprint density at radius 1 is 1.16 bits per heavy atom. The predicted octanol–water partition coefficient (Wildman–Crippen LogP) is 5.12. The van der Waals surface area contributed by atoms with Gasteiger partial charge in [0.15, 0.2) is 5.54 Å². The van der Waals surface area contributed by atoms with Crippen molar-refractivity contribution >= 4 is 34.4 Å². The molecule has 0 bridgehead atoms. The number of benzene rings is 2. The van der Waals surface area contributed by atoms with Crippen molar-refractivity contribution in [2.45, 2.75) is 64.5 Å². The highest BCUT2D eigenvalue weighted by Crippen LogP contribution is 2.45. The molecule has 8 nitrogen and oxygen atoms in total. The molecule has 8 heteroatoms. The highest BCUT2D eigenvalue weighted by molar-refractivity contribution is 6.23. The van der Waals surface area contributed by atoms with Gasteiger partial charge in [-0.2, -0.15) is 0 Å². The Hall–Kier alpha value is -3.81. The second-order valence-corrected chi connectivity index (χ2v) is 10.2. The van der Waals surface area contributed by atoms with E-state index in [4.69, 9.17) is 4.74 Å². The molecule has 0 radical (unpaired) electrons. The minimum atomic E-state index is -1.14. The fourth-order valence-electron chi connectivity index (χ4n) is 5.62. The molecule has 0 spiro atoms. The lowest BCUT2D eigenvalue weighted by atomic mass is 9.87. The van der Waals surface area contributed by atoms with Gasteiger partial charge in [0.05, 0.1) is 18.5 Å². The van der Waals surface area contributed by atoms with Crippen molar-refractivity contribution in [3.63, 3.8) is 0 Å². The van der Waals surface area contributed by atoms with E-state index in [0.29, 0.717) is 24.2 Å². The Balaban J connectivity index is 1.40. The largest absolute Gasteiger partial charge is 0.497 e. The van der Waals surface area contributed by atoms with E-state index < -0.39 is 5.54 Å². The van der Waals surface area contributed by atoms with Crippen LogP contribution >= 0.6 is 0 Å². The number of rotatable bonds is 8. The molecule has 0 unspecified atom stereocenters. The number of ether oxygens (including phenoxy) is 1. The third-order valence-corrected chi connectivity index (χ3v) is 7.77. The maximum Gasteiger partial charge on any atom is 0.332 e. The number of imide groups is 1. The number of aromatic amines is 1. The van der Waals surface area contributed by atoms with Gasteiger partial charge < -0.3 is 19.9 Å². The zero-order valence-electron chi connectivity index (χ0n) is 21.9. The Bertz CT molecular complexity index is 1360. The number of carbonyl (C=O) groups excluding carboxylic acids is 3. The third-order valence-electron chi connectivity index (χ3n) is 7.77. The number of urea groups is 1. The number of hydrogen-bond acceptors (Lipinski definition) is 4. The Morgan fingerprint density at radius 2 is 1.92 bits per heavy atom. The highest BCUT2D eigenvalue weighted by atomic mass is 16.5. The summed E-state index contributed by atoms with van der Waals surface area (Å²) in [7, 11) is 1.63. The van der Waals surface area contributed by atoms with Gasteiger partial charge in [0.25, 0.3) is 11.8 Å². The number of carbonyl (C=O) groups is 3. The van der Waals surface area contributed by atoms with Crippen LogP contribution < -0.4 is 15.0 Å². The van der Waals surface area contributed by atoms with Crippen molar-refractivity contribution in [2.75, 3.05) is 18.6 Å². The van der Waals surface area contributed by atoms with Crippen LogP contribution in [0.2, 0.25) is 0 Å². The molecule has 3 heterocycles. The van der Waals surface area contributed by atoms with Gasteiger partial charge in [0, 0.05) is 29.1 Å². The summed E-state index contributed by atoms with van der Waals surface area (Å²) in [6.45, 7) is 6.41. The summed E-state index contributed by atoms with van der Waals surface area (Å²) in [5.41, 5.74) is 2.51. The number of H-pyrrole nitrogens is 1. The van der Waals surface area contributed by atoms with Crippen molar-refractivity contribution < 1.29 is 19.1 Å². The first-order valence-electron chi connectivity index (χ1n) is 13.1. The molecule has 1 fully saturated rings. The zero-order chi connectivity index (χ0) is 26.3. The van der Waals surface area contributed by atoms with E-state index in [1.165, 1.54) is 4.90 Å². The topological polar surface area (TPSA) is 94.7 Å². The summed E-state index contributed by atoms with van der Waals surface area (Å²) in [6.07, 6.45) is 4.95. The van der Waals surface area contributed by atoms with Gasteiger partial charge in [0.2, 0.25) is 0 Å².